The van der Waals surface area contributed by atoms with Gasteiger partial charge in [0.1, 0.15) is 17.5 Å². The van der Waals surface area contributed by atoms with Crippen molar-refractivity contribution in [1.29, 1.82) is 0 Å². The number of amides is 1. The van der Waals surface area contributed by atoms with E-state index in [-0.39, 0.29) is 36.4 Å². The molecular weight excluding hydrogens is 445 g/mol. The summed E-state index contributed by atoms with van der Waals surface area (Å²) in [6, 6.07) is 7.58. The topological polar surface area (TPSA) is 65.9 Å². The summed E-state index contributed by atoms with van der Waals surface area (Å²) in [6.07, 6.45) is 8.09. The Balaban J connectivity index is 1.62. The van der Waals surface area contributed by atoms with Crippen molar-refractivity contribution in [2.45, 2.75) is 58.1 Å². The second kappa shape index (κ2) is 11.5. The molecule has 2 aliphatic rings. The van der Waals surface area contributed by atoms with Crippen LogP contribution in [0.15, 0.2) is 36.5 Å². The summed E-state index contributed by atoms with van der Waals surface area (Å²) >= 11 is 0. The molecule has 0 saturated heterocycles. The number of benzene rings is 1. The van der Waals surface area contributed by atoms with Crippen LogP contribution in [0.1, 0.15) is 56.3 Å². The Kier molecular flexibility index (Phi) is 8.39. The molecule has 0 unspecified atom stereocenters. The predicted molar refractivity (Wildman–Crippen MR) is 135 cm³/mol. The first-order chi connectivity index (χ1) is 16.9. The molecule has 0 radical (unpaired) electrons. The Morgan fingerprint density at radius 1 is 1.17 bits per heavy atom. The van der Waals surface area contributed by atoms with Gasteiger partial charge in [0, 0.05) is 37.3 Å². The molecule has 2 heterocycles. The lowest BCUT2D eigenvalue weighted by atomic mass is 9.89. The molecule has 4 rings (SSSR count). The molecule has 35 heavy (non-hydrogen) atoms. The lowest BCUT2D eigenvalue weighted by Crippen LogP contribution is -2.50. The summed E-state index contributed by atoms with van der Waals surface area (Å²) in [5, 5.41) is 9.87. The monoisotopic (exact) mass is 483 g/mol. The van der Waals surface area contributed by atoms with Gasteiger partial charge in [-0.05, 0) is 56.5 Å². The van der Waals surface area contributed by atoms with Gasteiger partial charge in [0.25, 0.3) is 5.91 Å². The van der Waals surface area contributed by atoms with E-state index in [1.165, 1.54) is 44.2 Å². The smallest absolute Gasteiger partial charge is 0.259 e. The van der Waals surface area contributed by atoms with Crippen molar-refractivity contribution in [1.82, 2.24) is 14.8 Å². The third-order valence-corrected chi connectivity index (χ3v) is 7.48. The third kappa shape index (κ3) is 6.19. The number of ether oxygens (including phenoxy) is 1. The highest BCUT2D eigenvalue weighted by molar-refractivity contribution is 5.98. The Morgan fingerprint density at radius 2 is 1.89 bits per heavy atom. The molecule has 2 aromatic rings. The van der Waals surface area contributed by atoms with E-state index >= 15 is 0 Å². The van der Waals surface area contributed by atoms with Crippen LogP contribution < -0.4 is 4.74 Å². The molecule has 7 heteroatoms. The van der Waals surface area contributed by atoms with Crippen molar-refractivity contribution < 1.29 is 19.0 Å². The van der Waals surface area contributed by atoms with Gasteiger partial charge >= 0.3 is 0 Å². The summed E-state index contributed by atoms with van der Waals surface area (Å²) in [6.45, 7) is 6.12. The number of aliphatic hydroxyl groups excluding tert-OH is 1. The normalized spacial score (nSPS) is 22.3. The summed E-state index contributed by atoms with van der Waals surface area (Å²) in [5.74, 6) is 0.587. The van der Waals surface area contributed by atoms with E-state index in [4.69, 9.17) is 4.74 Å². The maximum absolute atomic E-state index is 13.6. The number of carbonyl (C=O) groups excluding carboxylic acids is 1. The van der Waals surface area contributed by atoms with E-state index in [0.717, 1.165) is 30.1 Å². The zero-order chi connectivity index (χ0) is 24.9. The third-order valence-electron chi connectivity index (χ3n) is 7.48. The number of hydrogen-bond acceptors (Lipinski definition) is 5. The summed E-state index contributed by atoms with van der Waals surface area (Å²) < 4.78 is 19.9. The van der Waals surface area contributed by atoms with Crippen LogP contribution in [0.2, 0.25) is 0 Å². The fourth-order valence-electron chi connectivity index (χ4n) is 5.31. The number of aliphatic hydroxyl groups is 1. The molecule has 1 N–H and O–H groups in total. The van der Waals surface area contributed by atoms with Crippen molar-refractivity contribution in [3.63, 3.8) is 0 Å². The van der Waals surface area contributed by atoms with E-state index < -0.39 is 0 Å². The van der Waals surface area contributed by atoms with Crippen LogP contribution in [0, 0.1) is 17.7 Å². The summed E-state index contributed by atoms with van der Waals surface area (Å²) in [5.41, 5.74) is 1.87. The highest BCUT2D eigenvalue weighted by Crippen LogP contribution is 2.31. The average Bonchev–Trinajstić information content (AvgIpc) is 2.86. The Hall–Kier alpha value is -2.51. The van der Waals surface area contributed by atoms with Crippen molar-refractivity contribution in [2.75, 3.05) is 33.3 Å². The zero-order valence-electron chi connectivity index (χ0n) is 21.1. The maximum atomic E-state index is 13.6. The molecule has 3 atom stereocenters. The molecule has 1 fully saturated rings. The number of nitrogens with zero attached hydrogens (tertiary/aromatic N) is 3. The number of pyridine rings is 1. The van der Waals surface area contributed by atoms with Gasteiger partial charge in [-0.3, -0.25) is 4.79 Å². The van der Waals surface area contributed by atoms with Gasteiger partial charge in [-0.1, -0.05) is 38.3 Å². The van der Waals surface area contributed by atoms with E-state index in [0.29, 0.717) is 18.0 Å². The van der Waals surface area contributed by atoms with Crippen LogP contribution in [0.3, 0.4) is 0 Å². The fourth-order valence-corrected chi connectivity index (χ4v) is 5.31. The van der Waals surface area contributed by atoms with Crippen molar-refractivity contribution in [3.8, 4) is 17.0 Å². The van der Waals surface area contributed by atoms with Crippen LogP contribution in [-0.4, -0.2) is 71.2 Å². The lowest BCUT2D eigenvalue weighted by Gasteiger charge is -2.38. The zero-order valence-corrected chi connectivity index (χ0v) is 21.1. The lowest BCUT2D eigenvalue weighted by molar-refractivity contribution is 0.0314. The SMILES string of the molecule is C[C@H]1CN([C@@H](C)CO)C(=O)c2cc(-c3ccc(F)cc3)cnc2O[C@H]1CN(C)CC1CCCCC1. The number of likely N-dealkylation sites (N-methyl/N-ethyl adjacent to an activating group) is 1. The van der Waals surface area contributed by atoms with E-state index in [1.807, 2.05) is 6.92 Å². The Labute approximate surface area is 208 Å². The molecule has 1 amide bonds. The van der Waals surface area contributed by atoms with Gasteiger partial charge in [0.05, 0.1) is 12.6 Å². The number of aromatic nitrogens is 1. The predicted octanol–water partition coefficient (Wildman–Crippen LogP) is 4.62. The van der Waals surface area contributed by atoms with Crippen LogP contribution in [-0.2, 0) is 0 Å². The van der Waals surface area contributed by atoms with Crippen LogP contribution in [0.25, 0.3) is 11.1 Å². The highest BCUT2D eigenvalue weighted by Gasteiger charge is 2.34. The van der Waals surface area contributed by atoms with Crippen molar-refractivity contribution in [3.05, 3.63) is 47.9 Å². The van der Waals surface area contributed by atoms with Gasteiger partial charge in [-0.25, -0.2) is 9.37 Å². The summed E-state index contributed by atoms with van der Waals surface area (Å²) in [7, 11) is 2.15. The van der Waals surface area contributed by atoms with E-state index in [2.05, 4.69) is 23.9 Å². The van der Waals surface area contributed by atoms with Gasteiger partial charge < -0.3 is 19.6 Å². The maximum Gasteiger partial charge on any atom is 0.259 e. The molecule has 6 nitrogen and oxygen atoms in total. The minimum absolute atomic E-state index is 0.0634. The number of halogens is 1. The van der Waals surface area contributed by atoms with E-state index in [9.17, 15) is 14.3 Å². The van der Waals surface area contributed by atoms with Gasteiger partial charge in [0.15, 0.2) is 0 Å². The first-order valence-corrected chi connectivity index (χ1v) is 12.9. The minimum atomic E-state index is -0.328. The van der Waals surface area contributed by atoms with Crippen molar-refractivity contribution in [2.24, 2.45) is 11.8 Å². The second-order valence-corrected chi connectivity index (χ2v) is 10.4. The highest BCUT2D eigenvalue weighted by atomic mass is 19.1. The number of hydrogen-bond donors (Lipinski definition) is 1. The molecule has 0 spiro atoms. The molecule has 1 saturated carbocycles. The molecule has 190 valence electrons. The van der Waals surface area contributed by atoms with Crippen LogP contribution in [0.5, 0.6) is 5.88 Å². The number of carbonyl (C=O) groups is 1. The first kappa shape index (κ1) is 25.6. The van der Waals surface area contributed by atoms with Gasteiger partial charge in [0.2, 0.25) is 5.88 Å². The van der Waals surface area contributed by atoms with E-state index in [1.54, 1.807) is 29.3 Å². The van der Waals surface area contributed by atoms with Crippen LogP contribution >= 0.6 is 0 Å². The molecule has 1 aromatic heterocycles. The fraction of sp³-hybridized carbons (Fsp3) is 0.571. The molecular formula is C28H38FN3O3. The summed E-state index contributed by atoms with van der Waals surface area (Å²) in [4.78, 5) is 22.2. The first-order valence-electron chi connectivity index (χ1n) is 12.9. The molecule has 0 bridgehead atoms. The number of fused-ring (bicyclic) bond motifs is 1. The number of rotatable bonds is 7. The van der Waals surface area contributed by atoms with Crippen LogP contribution in [0.4, 0.5) is 4.39 Å². The van der Waals surface area contributed by atoms with Crippen molar-refractivity contribution >= 4 is 5.91 Å². The Morgan fingerprint density at radius 3 is 2.57 bits per heavy atom. The minimum Gasteiger partial charge on any atom is -0.472 e. The largest absolute Gasteiger partial charge is 0.472 e. The quantitative estimate of drug-likeness (QED) is 0.623. The standard InChI is InChI=1S/C28H38FN3O3/c1-19-15-32(20(2)18-33)28(34)25-13-23(22-9-11-24(29)12-10-22)14-30-27(25)35-26(19)17-31(3)16-21-7-5-4-6-8-21/h9-14,19-21,26,33H,4-8,15-18H2,1-3H3/t19-,20-,26-/m0/s1. The van der Waals surface area contributed by atoms with Gasteiger partial charge in [-0.2, -0.15) is 0 Å². The van der Waals surface area contributed by atoms with Gasteiger partial charge in [-0.15, -0.1) is 0 Å². The average molecular weight is 484 g/mol. The second-order valence-electron chi connectivity index (χ2n) is 10.4. The molecule has 1 aromatic carbocycles. The molecule has 1 aliphatic heterocycles. The molecule has 1 aliphatic carbocycles. The Bertz CT molecular complexity index is 993.